The highest BCUT2D eigenvalue weighted by atomic mass is 28.4. The van der Waals surface area contributed by atoms with Crippen LogP contribution in [0.1, 0.15) is 70.4 Å². The van der Waals surface area contributed by atoms with Gasteiger partial charge in [0.25, 0.3) is 0 Å². The second-order valence-electron chi connectivity index (χ2n) is 11.5. The fourth-order valence-corrected chi connectivity index (χ4v) is 7.26. The number of aryl methyl sites for hydroxylation is 1. The van der Waals surface area contributed by atoms with E-state index in [0.29, 0.717) is 35.9 Å². The van der Waals surface area contributed by atoms with E-state index in [-0.39, 0.29) is 10.5 Å². The molecule has 2 fully saturated rings. The number of allylic oxidation sites excluding steroid dienone is 1. The van der Waals surface area contributed by atoms with Crippen LogP contribution in [-0.4, -0.2) is 14.1 Å². The maximum absolute atomic E-state index is 12.8. The summed E-state index contributed by atoms with van der Waals surface area (Å²) >= 11 is 0. The highest BCUT2D eigenvalue weighted by molar-refractivity contribution is 6.74. The first-order valence-electron chi connectivity index (χ1n) is 11.5. The third kappa shape index (κ3) is 3.24. The summed E-state index contributed by atoms with van der Waals surface area (Å²) in [6.45, 7) is 17.8. The van der Waals surface area contributed by atoms with E-state index in [2.05, 4.69) is 71.6 Å². The molecule has 0 heterocycles. The van der Waals surface area contributed by atoms with Crippen LogP contribution in [0.4, 0.5) is 0 Å². The lowest BCUT2D eigenvalue weighted by Crippen LogP contribution is -2.44. The molecular weight excluding hydrogens is 372 g/mol. The first kappa shape index (κ1) is 20.9. The molecule has 158 valence electrons. The van der Waals surface area contributed by atoms with Crippen LogP contribution in [0.2, 0.25) is 18.1 Å². The monoisotopic (exact) mass is 410 g/mol. The van der Waals surface area contributed by atoms with Crippen molar-refractivity contribution < 1.29 is 9.22 Å². The first-order valence-corrected chi connectivity index (χ1v) is 14.4. The lowest BCUT2D eigenvalue weighted by atomic mass is 9.54. The summed E-state index contributed by atoms with van der Waals surface area (Å²) in [7, 11) is -1.82. The van der Waals surface area contributed by atoms with Crippen molar-refractivity contribution in [1.29, 1.82) is 0 Å². The van der Waals surface area contributed by atoms with Gasteiger partial charge in [0.15, 0.2) is 0 Å². The summed E-state index contributed by atoms with van der Waals surface area (Å²) in [5, 5.41) is 0.205. The van der Waals surface area contributed by atoms with Crippen molar-refractivity contribution in [1.82, 2.24) is 0 Å². The molecule has 0 radical (unpaired) electrons. The van der Waals surface area contributed by atoms with Gasteiger partial charge >= 0.3 is 0 Å². The van der Waals surface area contributed by atoms with E-state index >= 15 is 0 Å². The molecule has 0 spiro atoms. The van der Waals surface area contributed by atoms with Gasteiger partial charge < -0.3 is 4.43 Å². The van der Waals surface area contributed by atoms with Crippen LogP contribution in [0.15, 0.2) is 30.9 Å². The average molecular weight is 411 g/mol. The maximum atomic E-state index is 12.8. The molecule has 0 aromatic heterocycles. The van der Waals surface area contributed by atoms with Gasteiger partial charge in [-0.1, -0.05) is 39.8 Å². The van der Waals surface area contributed by atoms with Crippen molar-refractivity contribution in [2.45, 2.75) is 83.8 Å². The summed E-state index contributed by atoms with van der Waals surface area (Å²) in [6, 6.07) is 6.88. The van der Waals surface area contributed by atoms with Gasteiger partial charge in [0.05, 0.1) is 0 Å². The Morgan fingerprint density at radius 3 is 2.62 bits per heavy atom. The second-order valence-corrected chi connectivity index (χ2v) is 16.3. The van der Waals surface area contributed by atoms with Gasteiger partial charge in [-0.25, -0.2) is 0 Å². The quantitative estimate of drug-likeness (QED) is 0.400. The van der Waals surface area contributed by atoms with Gasteiger partial charge in [0, 0.05) is 11.8 Å². The number of carbonyl (C=O) groups excluding carboxylic acids is 1. The number of Topliss-reactive ketones (excluding diaryl/α,β-unsaturated/α-hetero) is 1. The molecule has 3 aliphatic rings. The average Bonchev–Trinajstić information content (AvgIpc) is 2.90. The molecule has 1 aromatic carbocycles. The number of fused-ring (bicyclic) bond motifs is 5. The van der Waals surface area contributed by atoms with Crippen molar-refractivity contribution in [3.05, 3.63) is 42.0 Å². The fourth-order valence-electron chi connectivity index (χ4n) is 6.24. The molecule has 0 aliphatic heterocycles. The van der Waals surface area contributed by atoms with Crippen LogP contribution in [0.5, 0.6) is 5.75 Å². The van der Waals surface area contributed by atoms with Crippen LogP contribution >= 0.6 is 0 Å². The summed E-state index contributed by atoms with van der Waals surface area (Å²) in [6.07, 6.45) is 7.25. The maximum Gasteiger partial charge on any atom is 0.250 e. The number of hydrogen-bond acceptors (Lipinski definition) is 2. The minimum atomic E-state index is -1.82. The normalized spacial score (nSPS) is 34.2. The molecule has 0 unspecified atom stereocenters. The molecule has 3 aliphatic carbocycles. The first-order chi connectivity index (χ1) is 13.5. The Hall–Kier alpha value is -1.35. The van der Waals surface area contributed by atoms with Crippen molar-refractivity contribution in [3.8, 4) is 5.75 Å². The highest BCUT2D eigenvalue weighted by Crippen LogP contribution is 2.61. The number of carbonyl (C=O) groups is 1. The molecule has 4 rings (SSSR count). The lowest BCUT2D eigenvalue weighted by Gasteiger charge is -2.49. The van der Waals surface area contributed by atoms with Crippen LogP contribution in [0.3, 0.4) is 0 Å². The van der Waals surface area contributed by atoms with Crippen molar-refractivity contribution in [2.75, 3.05) is 0 Å². The Balaban J connectivity index is 1.62. The minimum absolute atomic E-state index is 0.122. The van der Waals surface area contributed by atoms with E-state index in [4.69, 9.17) is 4.43 Å². The topological polar surface area (TPSA) is 26.3 Å². The Bertz CT molecular complexity index is 834. The minimum Gasteiger partial charge on any atom is -0.543 e. The third-order valence-electron chi connectivity index (χ3n) is 8.95. The summed E-state index contributed by atoms with van der Waals surface area (Å²) < 4.78 is 6.58. The molecule has 0 saturated heterocycles. The van der Waals surface area contributed by atoms with Gasteiger partial charge in [-0.3, -0.25) is 4.79 Å². The molecule has 1 aromatic rings. The van der Waals surface area contributed by atoms with Crippen molar-refractivity contribution in [2.24, 2.45) is 23.2 Å². The third-order valence-corrected chi connectivity index (χ3v) is 13.3. The zero-order valence-corrected chi connectivity index (χ0v) is 20.2. The Morgan fingerprint density at radius 2 is 1.97 bits per heavy atom. The molecule has 0 bridgehead atoms. The van der Waals surface area contributed by atoms with Gasteiger partial charge in [-0.2, -0.15) is 0 Å². The smallest absolute Gasteiger partial charge is 0.250 e. The highest BCUT2D eigenvalue weighted by Gasteiger charge is 2.57. The van der Waals surface area contributed by atoms with E-state index < -0.39 is 8.32 Å². The molecule has 5 atom stereocenters. The molecule has 2 nitrogen and oxygen atoms in total. The molecule has 2 saturated carbocycles. The Labute approximate surface area is 178 Å². The van der Waals surface area contributed by atoms with Crippen LogP contribution < -0.4 is 4.43 Å². The zero-order valence-electron chi connectivity index (χ0n) is 19.2. The van der Waals surface area contributed by atoms with Crippen LogP contribution in [0.25, 0.3) is 0 Å². The Morgan fingerprint density at radius 1 is 1.24 bits per heavy atom. The molecule has 3 heteroatoms. The van der Waals surface area contributed by atoms with Crippen molar-refractivity contribution >= 4 is 14.1 Å². The molecule has 29 heavy (non-hydrogen) atoms. The largest absolute Gasteiger partial charge is 0.543 e. The standard InChI is InChI=1S/C26H38O2Si/c1-8-17-16-23(27)26(5)14-13-21-20-12-10-19(28-29(6,7)25(2,3)4)15-18(20)9-11-22(21)24(17)26/h8,10,12,15,17,21-22,24H,1,9,11,13-14,16H2,2-7H3/t17-,21+,22+,24-,26+/m0/s1. The fraction of sp³-hybridized carbons (Fsp3) is 0.654. The van der Waals surface area contributed by atoms with E-state index in [9.17, 15) is 4.79 Å². The SMILES string of the molecule is C=C[C@H]1CC(=O)[C@@]2(C)CC[C@@H]3c4ccc(O[Si](C)(C)C(C)(C)C)cc4CC[C@H]3[C@H]12. The number of ketones is 1. The van der Waals surface area contributed by atoms with Crippen molar-refractivity contribution in [3.63, 3.8) is 0 Å². The second kappa shape index (κ2) is 6.83. The van der Waals surface area contributed by atoms with E-state index in [0.717, 1.165) is 25.0 Å². The van der Waals surface area contributed by atoms with Crippen LogP contribution in [0, 0.1) is 23.2 Å². The number of benzene rings is 1. The van der Waals surface area contributed by atoms with E-state index in [1.54, 1.807) is 0 Å². The van der Waals surface area contributed by atoms with Gasteiger partial charge in [-0.15, -0.1) is 6.58 Å². The van der Waals surface area contributed by atoms with Gasteiger partial charge in [0.1, 0.15) is 11.5 Å². The lowest BCUT2D eigenvalue weighted by molar-refractivity contribution is -0.129. The molecular formula is C26H38O2Si. The van der Waals surface area contributed by atoms with E-state index in [1.807, 2.05) is 0 Å². The zero-order chi connectivity index (χ0) is 21.2. The molecule has 0 N–H and O–H groups in total. The van der Waals surface area contributed by atoms with Gasteiger partial charge in [-0.05, 0) is 90.7 Å². The summed E-state index contributed by atoms with van der Waals surface area (Å²) in [5.41, 5.74) is 2.88. The van der Waals surface area contributed by atoms with Crippen LogP contribution in [-0.2, 0) is 11.2 Å². The predicted octanol–water partition coefficient (Wildman–Crippen LogP) is 6.91. The predicted molar refractivity (Wildman–Crippen MR) is 123 cm³/mol. The van der Waals surface area contributed by atoms with Gasteiger partial charge in [0.2, 0.25) is 8.32 Å². The number of hydrogen-bond donors (Lipinski definition) is 0. The summed E-state index contributed by atoms with van der Waals surface area (Å²) in [4.78, 5) is 12.8. The number of rotatable bonds is 3. The molecule has 0 amide bonds. The summed E-state index contributed by atoms with van der Waals surface area (Å²) in [5.74, 6) is 3.57. The van der Waals surface area contributed by atoms with E-state index in [1.165, 1.54) is 17.5 Å². The Kier molecular flexibility index (Phi) is 4.92.